The quantitative estimate of drug-likeness (QED) is 0.856. The maximum absolute atomic E-state index is 12.4. The lowest BCUT2D eigenvalue weighted by molar-refractivity contribution is -0.140. The second-order valence-electron chi connectivity index (χ2n) is 6.71. The molecule has 1 atom stereocenters. The van der Waals surface area contributed by atoms with E-state index < -0.39 is 0 Å². The highest BCUT2D eigenvalue weighted by Crippen LogP contribution is 2.30. The van der Waals surface area contributed by atoms with Gasteiger partial charge in [-0.25, -0.2) is 4.98 Å². The second-order valence-corrected chi connectivity index (χ2v) is 6.71. The lowest BCUT2D eigenvalue weighted by Crippen LogP contribution is -2.51. The lowest BCUT2D eigenvalue weighted by atomic mass is 9.96. The first kappa shape index (κ1) is 15.3. The van der Waals surface area contributed by atoms with Crippen molar-refractivity contribution in [2.45, 2.75) is 25.8 Å². The number of likely N-dealkylation sites (tertiary alicyclic amines) is 1. The Morgan fingerprint density at radius 3 is 2.96 bits per heavy atom. The Kier molecular flexibility index (Phi) is 4.06. The monoisotopic (exact) mass is 326 g/mol. The summed E-state index contributed by atoms with van der Waals surface area (Å²) in [6, 6.07) is 4.03. The van der Waals surface area contributed by atoms with E-state index in [-0.39, 0.29) is 11.8 Å². The minimum Gasteiger partial charge on any atom is -0.381 e. The van der Waals surface area contributed by atoms with Crippen molar-refractivity contribution in [1.82, 2.24) is 19.4 Å². The smallest absolute Gasteiger partial charge is 0.228 e. The van der Waals surface area contributed by atoms with E-state index in [0.29, 0.717) is 19.1 Å². The maximum Gasteiger partial charge on any atom is 0.228 e. The number of carbonyl (C=O) groups is 1. The number of aryl methyl sites for hydroxylation is 1. The normalized spacial score (nSPS) is 21.0. The van der Waals surface area contributed by atoms with Gasteiger partial charge in [0.15, 0.2) is 0 Å². The van der Waals surface area contributed by atoms with Gasteiger partial charge in [-0.05, 0) is 25.0 Å². The van der Waals surface area contributed by atoms with Gasteiger partial charge in [-0.3, -0.25) is 9.78 Å². The van der Waals surface area contributed by atoms with Crippen molar-refractivity contribution in [2.75, 3.05) is 26.3 Å². The van der Waals surface area contributed by atoms with Crippen LogP contribution in [0, 0.1) is 12.8 Å². The highest BCUT2D eigenvalue weighted by Gasteiger charge is 2.38. The van der Waals surface area contributed by atoms with E-state index in [1.165, 1.54) is 0 Å². The third-order valence-electron chi connectivity index (χ3n) is 4.99. The van der Waals surface area contributed by atoms with Crippen LogP contribution in [0.15, 0.2) is 30.7 Å². The fourth-order valence-corrected chi connectivity index (χ4v) is 3.49. The first-order chi connectivity index (χ1) is 11.7. The first-order valence-electron chi connectivity index (χ1n) is 8.50. The molecule has 0 N–H and O–H groups in total. The van der Waals surface area contributed by atoms with Crippen molar-refractivity contribution < 1.29 is 9.53 Å². The van der Waals surface area contributed by atoms with E-state index in [1.807, 2.05) is 23.4 Å². The van der Waals surface area contributed by atoms with E-state index in [1.54, 1.807) is 6.20 Å². The molecule has 1 unspecified atom stereocenters. The van der Waals surface area contributed by atoms with Crippen molar-refractivity contribution in [3.63, 3.8) is 0 Å². The van der Waals surface area contributed by atoms with E-state index in [9.17, 15) is 4.79 Å². The summed E-state index contributed by atoms with van der Waals surface area (Å²) in [5.74, 6) is 1.69. The van der Waals surface area contributed by atoms with Crippen LogP contribution in [0.25, 0.3) is 0 Å². The van der Waals surface area contributed by atoms with Gasteiger partial charge in [0.1, 0.15) is 5.82 Å². The Labute approximate surface area is 141 Å². The highest BCUT2D eigenvalue weighted by molar-refractivity contribution is 5.80. The molecule has 0 saturated carbocycles. The number of amides is 1. The Bertz CT molecular complexity index is 716. The number of carbonyl (C=O) groups excluding carboxylic acids is 1. The van der Waals surface area contributed by atoms with Gasteiger partial charge in [-0.2, -0.15) is 0 Å². The zero-order chi connectivity index (χ0) is 16.5. The molecule has 2 aromatic heterocycles. The lowest BCUT2D eigenvalue weighted by Gasteiger charge is -2.40. The van der Waals surface area contributed by atoms with Gasteiger partial charge in [-0.1, -0.05) is 6.07 Å². The fraction of sp³-hybridized carbons (Fsp3) is 0.500. The molecular formula is C18H22N4O2. The van der Waals surface area contributed by atoms with Crippen LogP contribution in [0.1, 0.15) is 29.4 Å². The van der Waals surface area contributed by atoms with Gasteiger partial charge in [0.2, 0.25) is 5.91 Å². The molecular weight excluding hydrogens is 304 g/mol. The Hall–Kier alpha value is -2.21. The summed E-state index contributed by atoms with van der Waals surface area (Å²) in [5, 5.41) is 0. The van der Waals surface area contributed by atoms with Crippen molar-refractivity contribution >= 4 is 5.91 Å². The van der Waals surface area contributed by atoms with Crippen LogP contribution in [-0.4, -0.2) is 51.6 Å². The molecule has 2 aliphatic rings. The molecule has 2 aromatic rings. The Morgan fingerprint density at radius 1 is 1.38 bits per heavy atom. The number of nitrogens with zero attached hydrogens (tertiary/aromatic N) is 4. The molecule has 0 spiro atoms. The molecule has 126 valence electrons. The van der Waals surface area contributed by atoms with Crippen molar-refractivity contribution in [1.29, 1.82) is 0 Å². The van der Waals surface area contributed by atoms with Crippen LogP contribution < -0.4 is 0 Å². The molecule has 0 bridgehead atoms. The molecule has 0 radical (unpaired) electrons. The molecule has 0 aromatic carbocycles. The number of ether oxygens (including phenoxy) is 1. The summed E-state index contributed by atoms with van der Waals surface area (Å²) >= 11 is 0. The summed E-state index contributed by atoms with van der Waals surface area (Å²) < 4.78 is 7.57. The van der Waals surface area contributed by atoms with Crippen LogP contribution in [-0.2, 0) is 16.1 Å². The molecule has 6 heteroatoms. The second kappa shape index (κ2) is 6.36. The topological polar surface area (TPSA) is 60.3 Å². The van der Waals surface area contributed by atoms with Gasteiger partial charge < -0.3 is 14.2 Å². The van der Waals surface area contributed by atoms with Crippen molar-refractivity contribution in [3.05, 3.63) is 47.8 Å². The zero-order valence-corrected chi connectivity index (χ0v) is 13.9. The first-order valence-corrected chi connectivity index (χ1v) is 8.50. The minimum atomic E-state index is 0.0582. The summed E-state index contributed by atoms with van der Waals surface area (Å²) in [7, 11) is 0. The van der Waals surface area contributed by atoms with Crippen LogP contribution in [0.4, 0.5) is 0 Å². The zero-order valence-electron chi connectivity index (χ0n) is 13.9. The van der Waals surface area contributed by atoms with Gasteiger partial charge in [0, 0.05) is 44.0 Å². The number of hydrogen-bond donors (Lipinski definition) is 0. The Morgan fingerprint density at radius 2 is 2.25 bits per heavy atom. The van der Waals surface area contributed by atoms with Crippen molar-refractivity contribution in [3.8, 4) is 0 Å². The molecule has 1 amide bonds. The highest BCUT2D eigenvalue weighted by atomic mass is 16.5. The van der Waals surface area contributed by atoms with Crippen LogP contribution in [0.5, 0.6) is 0 Å². The third-order valence-corrected chi connectivity index (χ3v) is 4.99. The largest absolute Gasteiger partial charge is 0.381 e. The van der Waals surface area contributed by atoms with Crippen LogP contribution in [0.3, 0.4) is 0 Å². The van der Waals surface area contributed by atoms with Gasteiger partial charge >= 0.3 is 0 Å². The minimum absolute atomic E-state index is 0.0582. The number of aromatic nitrogens is 3. The number of pyridine rings is 1. The van der Waals surface area contributed by atoms with E-state index >= 15 is 0 Å². The summed E-state index contributed by atoms with van der Waals surface area (Å²) in [6.45, 7) is 5.66. The standard InChI is InChI=1S/C18H22N4O2/c1-13-7-20-17(22(13)9-14-3-2-5-19-8-14)16-10-21(11-16)18(23)15-4-6-24-12-15/h2-3,5,7-8,15-16H,4,6,9-12H2,1H3. The van der Waals surface area contributed by atoms with Crippen LogP contribution in [0.2, 0.25) is 0 Å². The van der Waals surface area contributed by atoms with Crippen molar-refractivity contribution in [2.24, 2.45) is 5.92 Å². The maximum atomic E-state index is 12.4. The van der Waals surface area contributed by atoms with Gasteiger partial charge in [0.05, 0.1) is 25.0 Å². The molecule has 24 heavy (non-hydrogen) atoms. The summed E-state index contributed by atoms with van der Waals surface area (Å²) in [5.41, 5.74) is 2.30. The van der Waals surface area contributed by atoms with Gasteiger partial charge in [0.25, 0.3) is 0 Å². The molecule has 2 aliphatic heterocycles. The number of hydrogen-bond acceptors (Lipinski definition) is 4. The summed E-state index contributed by atoms with van der Waals surface area (Å²) in [4.78, 5) is 23.1. The average Bonchev–Trinajstić information content (AvgIpc) is 3.20. The van der Waals surface area contributed by atoms with Gasteiger partial charge in [-0.15, -0.1) is 0 Å². The Balaban J connectivity index is 1.44. The predicted molar refractivity (Wildman–Crippen MR) is 88.6 cm³/mol. The predicted octanol–water partition coefficient (Wildman–Crippen LogP) is 1.60. The summed E-state index contributed by atoms with van der Waals surface area (Å²) in [6.07, 6.45) is 6.45. The molecule has 2 fully saturated rings. The van der Waals surface area contributed by atoms with E-state index in [0.717, 1.165) is 43.1 Å². The molecule has 2 saturated heterocycles. The molecule has 4 rings (SSSR count). The number of rotatable bonds is 4. The van der Waals surface area contributed by atoms with Crippen LogP contribution >= 0.6 is 0 Å². The molecule has 6 nitrogen and oxygen atoms in total. The average molecular weight is 326 g/mol. The fourth-order valence-electron chi connectivity index (χ4n) is 3.49. The van der Waals surface area contributed by atoms with E-state index in [2.05, 4.69) is 27.5 Å². The number of imidazole rings is 1. The molecule has 4 heterocycles. The molecule has 0 aliphatic carbocycles. The third kappa shape index (κ3) is 2.82. The SMILES string of the molecule is Cc1cnc(C2CN(C(=O)C3CCOC3)C2)n1Cc1cccnc1. The van der Waals surface area contributed by atoms with E-state index in [4.69, 9.17) is 4.74 Å².